The van der Waals surface area contributed by atoms with Crippen molar-refractivity contribution in [3.63, 3.8) is 0 Å². The van der Waals surface area contributed by atoms with Crippen molar-refractivity contribution < 1.29 is 14.3 Å². The zero-order chi connectivity index (χ0) is 23.7. The number of H-pyrrole nitrogens is 1. The molecule has 0 radical (unpaired) electrons. The third kappa shape index (κ3) is 3.92. The molecule has 0 saturated heterocycles. The van der Waals surface area contributed by atoms with Crippen molar-refractivity contribution in [2.75, 3.05) is 0 Å². The second-order valence-electron chi connectivity index (χ2n) is 8.12. The summed E-state index contributed by atoms with van der Waals surface area (Å²) in [6, 6.07) is 21.6. The number of rotatable bonds is 6. The van der Waals surface area contributed by atoms with Gasteiger partial charge in [-0.25, -0.2) is 9.78 Å². The van der Waals surface area contributed by atoms with Crippen molar-refractivity contribution in [3.05, 3.63) is 106 Å². The van der Waals surface area contributed by atoms with Gasteiger partial charge < -0.3 is 19.8 Å². The van der Waals surface area contributed by atoms with E-state index >= 15 is 0 Å². The molecule has 5 aromatic rings. The van der Waals surface area contributed by atoms with Crippen LogP contribution in [0.3, 0.4) is 0 Å². The maximum atomic E-state index is 12.9. The highest BCUT2D eigenvalue weighted by Gasteiger charge is 2.24. The quantitative estimate of drug-likeness (QED) is 0.319. The highest BCUT2D eigenvalue weighted by Crippen LogP contribution is 2.36. The van der Waals surface area contributed by atoms with Gasteiger partial charge in [0, 0.05) is 11.5 Å². The van der Waals surface area contributed by atoms with E-state index in [0.717, 1.165) is 16.6 Å². The first-order chi connectivity index (χ1) is 16.5. The van der Waals surface area contributed by atoms with Crippen LogP contribution in [0.25, 0.3) is 22.0 Å². The Morgan fingerprint density at radius 2 is 1.88 bits per heavy atom. The molecule has 0 spiro atoms. The van der Waals surface area contributed by atoms with Crippen LogP contribution in [0.4, 0.5) is 0 Å². The minimum absolute atomic E-state index is 0.0848. The molecule has 0 aliphatic rings. The van der Waals surface area contributed by atoms with Crippen molar-refractivity contribution in [1.29, 1.82) is 0 Å². The fourth-order valence-electron chi connectivity index (χ4n) is 4.31. The number of aromatic amines is 1. The summed E-state index contributed by atoms with van der Waals surface area (Å²) >= 11 is 0. The fourth-order valence-corrected chi connectivity index (χ4v) is 4.31. The van der Waals surface area contributed by atoms with Gasteiger partial charge in [0.15, 0.2) is 0 Å². The van der Waals surface area contributed by atoms with E-state index in [4.69, 9.17) is 4.42 Å². The molecule has 34 heavy (non-hydrogen) atoms. The predicted molar refractivity (Wildman–Crippen MR) is 130 cm³/mol. The van der Waals surface area contributed by atoms with E-state index in [-0.39, 0.29) is 23.8 Å². The molecule has 1 unspecified atom stereocenters. The Balaban J connectivity index is 1.42. The molecule has 7 heteroatoms. The number of para-hydroxylation sites is 3. The van der Waals surface area contributed by atoms with Crippen LogP contribution in [0.15, 0.2) is 82.0 Å². The molecular weight excluding hydrogens is 430 g/mol. The number of amides is 1. The maximum Gasteiger partial charge on any atom is 0.343 e. The summed E-state index contributed by atoms with van der Waals surface area (Å²) in [4.78, 5) is 33.3. The summed E-state index contributed by atoms with van der Waals surface area (Å²) in [5.41, 5.74) is 2.90. The van der Waals surface area contributed by atoms with Gasteiger partial charge in [-0.15, -0.1) is 0 Å². The van der Waals surface area contributed by atoms with E-state index in [0.29, 0.717) is 28.8 Å². The van der Waals surface area contributed by atoms with Gasteiger partial charge in [0.05, 0.1) is 28.5 Å². The Labute approximate surface area is 195 Å². The zero-order valence-electron chi connectivity index (χ0n) is 18.5. The molecule has 5 rings (SSSR count). The molecule has 0 saturated carbocycles. The first-order valence-corrected chi connectivity index (χ1v) is 11.1. The molecule has 7 nitrogen and oxygen atoms in total. The van der Waals surface area contributed by atoms with Crippen LogP contribution in [-0.2, 0) is 6.54 Å². The van der Waals surface area contributed by atoms with Crippen molar-refractivity contribution >= 4 is 27.9 Å². The third-order valence-electron chi connectivity index (χ3n) is 5.98. The third-order valence-corrected chi connectivity index (χ3v) is 5.98. The van der Waals surface area contributed by atoms with Crippen LogP contribution < -0.4 is 10.9 Å². The number of fused-ring (bicyclic) bond motifs is 2. The molecule has 3 N–H and O–H groups in total. The Morgan fingerprint density at radius 3 is 2.71 bits per heavy atom. The molecule has 0 fully saturated rings. The van der Waals surface area contributed by atoms with E-state index in [2.05, 4.69) is 15.3 Å². The lowest BCUT2D eigenvalue weighted by Gasteiger charge is -2.17. The molecule has 0 aliphatic carbocycles. The van der Waals surface area contributed by atoms with E-state index in [9.17, 15) is 14.7 Å². The number of nitrogens with zero attached hydrogens (tertiary/aromatic N) is 1. The minimum atomic E-state index is -0.581. The molecular formula is C27H23N3O4. The largest absolute Gasteiger partial charge is 0.507 e. The van der Waals surface area contributed by atoms with Crippen LogP contribution in [0.1, 0.15) is 46.6 Å². The lowest BCUT2D eigenvalue weighted by Crippen LogP contribution is -2.23. The van der Waals surface area contributed by atoms with E-state index in [1.54, 1.807) is 42.5 Å². The van der Waals surface area contributed by atoms with Gasteiger partial charge in [-0.2, -0.15) is 0 Å². The normalized spacial score (nSPS) is 12.1. The van der Waals surface area contributed by atoms with Crippen LogP contribution in [0.5, 0.6) is 5.75 Å². The Hall–Kier alpha value is -4.39. The van der Waals surface area contributed by atoms with Gasteiger partial charge in [-0.05, 0) is 48.4 Å². The lowest BCUT2D eigenvalue weighted by atomic mass is 9.88. The second-order valence-corrected chi connectivity index (χ2v) is 8.12. The number of aromatic nitrogens is 2. The first-order valence-electron chi connectivity index (χ1n) is 11.1. The first kappa shape index (κ1) is 21.5. The van der Waals surface area contributed by atoms with Crippen molar-refractivity contribution in [1.82, 2.24) is 15.3 Å². The van der Waals surface area contributed by atoms with Gasteiger partial charge >= 0.3 is 5.63 Å². The smallest absolute Gasteiger partial charge is 0.343 e. The van der Waals surface area contributed by atoms with Gasteiger partial charge in [-0.3, -0.25) is 4.79 Å². The van der Waals surface area contributed by atoms with Gasteiger partial charge in [0.2, 0.25) is 0 Å². The average molecular weight is 453 g/mol. The number of aromatic hydroxyl groups is 1. The second kappa shape index (κ2) is 8.86. The summed E-state index contributed by atoms with van der Waals surface area (Å²) in [6.07, 6.45) is 0.542. The Kier molecular flexibility index (Phi) is 5.59. The number of carbonyl (C=O) groups is 1. The van der Waals surface area contributed by atoms with Gasteiger partial charge in [-0.1, -0.05) is 43.3 Å². The van der Waals surface area contributed by atoms with E-state index < -0.39 is 11.5 Å². The molecule has 0 aliphatic heterocycles. The lowest BCUT2D eigenvalue weighted by molar-refractivity contribution is 0.0950. The number of imidazole rings is 1. The van der Waals surface area contributed by atoms with Crippen molar-refractivity contribution in [3.8, 4) is 5.75 Å². The standard InChI is InChI=1S/C27H23N3O4/c1-2-18(24-25(31)19-10-3-6-13-22(19)34-27(24)33)16-8-7-9-17(14-16)26(32)28-15-23-29-20-11-4-5-12-21(20)30-23/h3-14,18,31H,2,15H2,1H3,(H,28,32)(H,29,30). The number of nitrogens with one attached hydrogen (secondary N) is 2. The number of carbonyl (C=O) groups excluding carboxylic acids is 1. The van der Waals surface area contributed by atoms with Gasteiger partial charge in [0.1, 0.15) is 17.2 Å². The maximum absolute atomic E-state index is 12.9. The minimum Gasteiger partial charge on any atom is -0.507 e. The molecule has 2 heterocycles. The molecule has 0 bridgehead atoms. The molecule has 170 valence electrons. The summed E-state index contributed by atoms with van der Waals surface area (Å²) in [5, 5.41) is 14.3. The highest BCUT2D eigenvalue weighted by molar-refractivity contribution is 5.94. The van der Waals surface area contributed by atoms with Crippen molar-refractivity contribution in [2.24, 2.45) is 0 Å². The zero-order valence-corrected chi connectivity index (χ0v) is 18.5. The number of hydrogen-bond donors (Lipinski definition) is 3. The number of hydrogen-bond acceptors (Lipinski definition) is 5. The SMILES string of the molecule is CCC(c1cccc(C(=O)NCc2nc3ccccc3[nH]2)c1)c1c(O)c2ccccc2oc1=O. The van der Waals surface area contributed by atoms with E-state index in [1.807, 2.05) is 37.3 Å². The van der Waals surface area contributed by atoms with Gasteiger partial charge in [0.25, 0.3) is 5.91 Å². The monoisotopic (exact) mass is 453 g/mol. The van der Waals surface area contributed by atoms with Crippen LogP contribution in [0, 0.1) is 0 Å². The number of benzene rings is 3. The Bertz CT molecular complexity index is 1530. The fraction of sp³-hybridized carbons (Fsp3) is 0.148. The average Bonchev–Trinajstić information content (AvgIpc) is 3.28. The summed E-state index contributed by atoms with van der Waals surface area (Å²) < 4.78 is 5.46. The topological polar surface area (TPSA) is 108 Å². The van der Waals surface area contributed by atoms with Crippen LogP contribution in [0.2, 0.25) is 0 Å². The highest BCUT2D eigenvalue weighted by atomic mass is 16.4. The summed E-state index contributed by atoms with van der Waals surface area (Å²) in [7, 11) is 0. The predicted octanol–water partition coefficient (Wildman–Crippen LogP) is 4.85. The molecule has 3 aromatic carbocycles. The van der Waals surface area contributed by atoms with E-state index in [1.165, 1.54) is 0 Å². The molecule has 1 atom stereocenters. The van der Waals surface area contributed by atoms with Crippen LogP contribution >= 0.6 is 0 Å². The summed E-state index contributed by atoms with van der Waals surface area (Å²) in [6.45, 7) is 2.18. The van der Waals surface area contributed by atoms with Crippen LogP contribution in [-0.4, -0.2) is 21.0 Å². The Morgan fingerprint density at radius 1 is 1.09 bits per heavy atom. The summed E-state index contributed by atoms with van der Waals surface area (Å²) in [5.74, 6) is -0.106. The molecule has 2 aromatic heterocycles. The van der Waals surface area contributed by atoms with Crippen molar-refractivity contribution in [2.45, 2.75) is 25.8 Å². The molecule has 1 amide bonds.